The predicted molar refractivity (Wildman–Crippen MR) is 86.3 cm³/mol. The third kappa shape index (κ3) is 2.30. The first-order valence-corrected chi connectivity index (χ1v) is 7.53. The number of aromatic nitrogens is 6. The molecule has 128 valence electrons. The highest BCUT2D eigenvalue weighted by molar-refractivity contribution is 6.29. The minimum Gasteiger partial charge on any atom is -0.459 e. The minimum atomic E-state index is -0.511. The van der Waals surface area contributed by atoms with Gasteiger partial charge in [-0.15, -0.1) is 10.2 Å². The molecular formula is C14H11ClN6O4. The molecule has 25 heavy (non-hydrogen) atoms. The van der Waals surface area contributed by atoms with Crippen LogP contribution in [0.1, 0.15) is 5.89 Å². The third-order valence-corrected chi connectivity index (χ3v) is 4.08. The maximum Gasteiger partial charge on any atom is 0.332 e. The van der Waals surface area contributed by atoms with E-state index in [0.29, 0.717) is 5.76 Å². The Labute approximate surface area is 143 Å². The second-order valence-electron chi connectivity index (χ2n) is 5.32. The second-order valence-corrected chi connectivity index (χ2v) is 5.66. The SMILES string of the molecule is Cn1c(=O)c2c(nc(Cl)n2Cc2nnc(-c3ccco3)o2)n(C)c1=O. The number of halogens is 1. The molecule has 0 unspecified atom stereocenters. The molecule has 4 heterocycles. The smallest absolute Gasteiger partial charge is 0.332 e. The summed E-state index contributed by atoms with van der Waals surface area (Å²) in [6.07, 6.45) is 1.49. The first-order chi connectivity index (χ1) is 12.0. The molecule has 0 saturated heterocycles. The van der Waals surface area contributed by atoms with Crippen molar-refractivity contribution in [1.82, 2.24) is 28.9 Å². The summed E-state index contributed by atoms with van der Waals surface area (Å²) in [5, 5.41) is 7.85. The van der Waals surface area contributed by atoms with E-state index in [-0.39, 0.29) is 34.8 Å². The van der Waals surface area contributed by atoms with Crippen LogP contribution >= 0.6 is 11.6 Å². The first-order valence-electron chi connectivity index (χ1n) is 7.15. The lowest BCUT2D eigenvalue weighted by molar-refractivity contribution is 0.470. The number of furan rings is 1. The number of fused-ring (bicyclic) bond motifs is 1. The van der Waals surface area contributed by atoms with Crippen molar-refractivity contribution in [3.05, 3.63) is 50.4 Å². The number of nitrogens with zero attached hydrogens (tertiary/aromatic N) is 6. The molecule has 0 saturated carbocycles. The summed E-state index contributed by atoms with van der Waals surface area (Å²) in [6.45, 7) is 0.0243. The number of hydrogen-bond acceptors (Lipinski definition) is 7. The van der Waals surface area contributed by atoms with Crippen LogP contribution in [0.4, 0.5) is 0 Å². The predicted octanol–water partition coefficient (Wildman–Crippen LogP) is 0.778. The Balaban J connectivity index is 1.84. The minimum absolute atomic E-state index is 0.0243. The van der Waals surface area contributed by atoms with Crippen LogP contribution in [0.15, 0.2) is 36.8 Å². The van der Waals surface area contributed by atoms with E-state index in [9.17, 15) is 9.59 Å². The quantitative estimate of drug-likeness (QED) is 0.494. The van der Waals surface area contributed by atoms with E-state index in [4.69, 9.17) is 20.4 Å². The molecule has 0 radical (unpaired) electrons. The van der Waals surface area contributed by atoms with Gasteiger partial charge in [0, 0.05) is 14.1 Å². The molecule has 0 amide bonds. The summed E-state index contributed by atoms with van der Waals surface area (Å²) in [7, 11) is 2.90. The Morgan fingerprint density at radius 3 is 2.72 bits per heavy atom. The monoisotopic (exact) mass is 362 g/mol. The van der Waals surface area contributed by atoms with Crippen LogP contribution in [0.3, 0.4) is 0 Å². The third-order valence-electron chi connectivity index (χ3n) is 3.79. The standard InChI is InChI=1S/C14H11ClN6O4/c1-19-10-9(12(22)20(2)14(19)23)21(13(15)16-10)6-8-17-18-11(25-8)7-4-3-5-24-7/h3-5H,6H2,1-2H3. The average Bonchev–Trinajstić information content (AvgIpc) is 3.32. The summed E-state index contributed by atoms with van der Waals surface area (Å²) < 4.78 is 14.4. The number of imidazole rings is 1. The van der Waals surface area contributed by atoms with E-state index in [1.807, 2.05) is 0 Å². The van der Waals surface area contributed by atoms with Gasteiger partial charge in [-0.05, 0) is 23.7 Å². The van der Waals surface area contributed by atoms with Gasteiger partial charge in [-0.25, -0.2) is 4.79 Å². The number of rotatable bonds is 3. The van der Waals surface area contributed by atoms with E-state index in [1.165, 1.54) is 29.5 Å². The molecule has 4 rings (SSSR count). The average molecular weight is 363 g/mol. The van der Waals surface area contributed by atoms with Crippen LogP contribution in [-0.4, -0.2) is 28.9 Å². The van der Waals surface area contributed by atoms with Crippen LogP contribution in [0.25, 0.3) is 22.8 Å². The van der Waals surface area contributed by atoms with Crippen LogP contribution < -0.4 is 11.2 Å². The largest absolute Gasteiger partial charge is 0.459 e. The van der Waals surface area contributed by atoms with Gasteiger partial charge in [0.25, 0.3) is 11.4 Å². The number of aryl methyl sites for hydroxylation is 1. The highest BCUT2D eigenvalue weighted by atomic mass is 35.5. The van der Waals surface area contributed by atoms with Crippen molar-refractivity contribution in [2.24, 2.45) is 14.1 Å². The highest BCUT2D eigenvalue weighted by Crippen LogP contribution is 2.21. The fourth-order valence-electron chi connectivity index (χ4n) is 2.52. The Morgan fingerprint density at radius 1 is 1.20 bits per heavy atom. The molecule has 0 aliphatic carbocycles. The zero-order valence-electron chi connectivity index (χ0n) is 13.1. The van der Waals surface area contributed by atoms with Gasteiger partial charge in [-0.1, -0.05) is 0 Å². The molecule has 0 aliphatic heterocycles. The molecule has 0 atom stereocenters. The molecule has 11 heteroatoms. The fourth-order valence-corrected chi connectivity index (χ4v) is 2.74. The van der Waals surface area contributed by atoms with Crippen LogP contribution in [0.5, 0.6) is 0 Å². The van der Waals surface area contributed by atoms with Crippen molar-refractivity contribution in [3.8, 4) is 11.7 Å². The lowest BCUT2D eigenvalue weighted by Crippen LogP contribution is -2.37. The molecule has 0 fully saturated rings. The van der Waals surface area contributed by atoms with Gasteiger partial charge < -0.3 is 8.83 Å². The van der Waals surface area contributed by atoms with E-state index in [0.717, 1.165) is 4.57 Å². The molecule has 0 aliphatic rings. The molecule has 0 aromatic carbocycles. The van der Waals surface area contributed by atoms with Gasteiger partial charge in [0.05, 0.1) is 6.26 Å². The van der Waals surface area contributed by atoms with Crippen molar-refractivity contribution < 1.29 is 8.83 Å². The fraction of sp³-hybridized carbons (Fsp3) is 0.214. The van der Waals surface area contributed by atoms with Crippen LogP contribution in [0, 0.1) is 0 Å². The summed E-state index contributed by atoms with van der Waals surface area (Å²) >= 11 is 6.15. The van der Waals surface area contributed by atoms with Gasteiger partial charge in [0.1, 0.15) is 6.54 Å². The highest BCUT2D eigenvalue weighted by Gasteiger charge is 2.20. The molecular weight excluding hydrogens is 352 g/mol. The van der Waals surface area contributed by atoms with E-state index in [2.05, 4.69) is 15.2 Å². The second kappa shape index (κ2) is 5.45. The van der Waals surface area contributed by atoms with Crippen molar-refractivity contribution >= 4 is 22.8 Å². The van der Waals surface area contributed by atoms with Gasteiger partial charge >= 0.3 is 5.69 Å². The summed E-state index contributed by atoms with van der Waals surface area (Å²) in [6, 6.07) is 3.38. The molecule has 4 aromatic rings. The zero-order chi connectivity index (χ0) is 17.7. The topological polar surface area (TPSA) is 114 Å². The van der Waals surface area contributed by atoms with Crippen molar-refractivity contribution in [2.45, 2.75) is 6.54 Å². The number of hydrogen-bond donors (Lipinski definition) is 0. The Bertz CT molecular complexity index is 1200. The normalized spacial score (nSPS) is 11.5. The Morgan fingerprint density at radius 2 is 2.00 bits per heavy atom. The van der Waals surface area contributed by atoms with E-state index < -0.39 is 11.2 Å². The molecule has 0 spiro atoms. The van der Waals surface area contributed by atoms with E-state index in [1.54, 1.807) is 12.1 Å². The van der Waals surface area contributed by atoms with Crippen LogP contribution in [-0.2, 0) is 20.6 Å². The van der Waals surface area contributed by atoms with Gasteiger partial charge in [0.2, 0.25) is 11.2 Å². The lowest BCUT2D eigenvalue weighted by Gasteiger charge is -2.05. The van der Waals surface area contributed by atoms with Crippen molar-refractivity contribution in [2.75, 3.05) is 0 Å². The first kappa shape index (κ1) is 15.4. The summed E-state index contributed by atoms with van der Waals surface area (Å²) in [5.74, 6) is 0.850. The summed E-state index contributed by atoms with van der Waals surface area (Å²) in [4.78, 5) is 28.6. The molecule has 0 N–H and O–H groups in total. The van der Waals surface area contributed by atoms with Gasteiger partial charge in [-0.3, -0.25) is 18.5 Å². The van der Waals surface area contributed by atoms with E-state index >= 15 is 0 Å². The lowest BCUT2D eigenvalue weighted by atomic mass is 10.4. The molecule has 0 bridgehead atoms. The van der Waals surface area contributed by atoms with Gasteiger partial charge in [-0.2, -0.15) is 4.98 Å². The maximum absolute atomic E-state index is 12.5. The van der Waals surface area contributed by atoms with Gasteiger partial charge in [0.15, 0.2) is 16.9 Å². The molecule has 10 nitrogen and oxygen atoms in total. The van der Waals surface area contributed by atoms with Crippen molar-refractivity contribution in [3.63, 3.8) is 0 Å². The zero-order valence-corrected chi connectivity index (χ0v) is 13.9. The Hall–Kier alpha value is -3.14. The van der Waals surface area contributed by atoms with Crippen LogP contribution in [0.2, 0.25) is 5.28 Å². The molecule has 4 aromatic heterocycles. The maximum atomic E-state index is 12.5. The Kier molecular flexibility index (Phi) is 3.35. The summed E-state index contributed by atoms with van der Waals surface area (Å²) in [5.41, 5.74) is -0.642. The van der Waals surface area contributed by atoms with Crippen molar-refractivity contribution in [1.29, 1.82) is 0 Å².